The van der Waals surface area contributed by atoms with Gasteiger partial charge in [0.05, 0.1) is 11.0 Å². The quantitative estimate of drug-likeness (QED) is 0.915. The van der Waals surface area contributed by atoms with Crippen LogP contribution in [0, 0.1) is 0 Å². The molecule has 1 aromatic heterocycles. The molecule has 20 heavy (non-hydrogen) atoms. The minimum Gasteiger partial charge on any atom is -0.325 e. The third-order valence-corrected chi connectivity index (χ3v) is 3.48. The molecular formula is C16H24ClN3. The smallest absolute Gasteiger partial charge is 0.111 e. The van der Waals surface area contributed by atoms with E-state index >= 15 is 0 Å². The second-order valence-electron chi connectivity index (χ2n) is 6.55. The minimum atomic E-state index is 0.137. The minimum absolute atomic E-state index is 0.137. The van der Waals surface area contributed by atoms with E-state index in [2.05, 4.69) is 50.6 Å². The number of fused-ring (bicyclic) bond motifs is 1. The molecule has 3 nitrogen and oxygen atoms in total. The Labute approximate surface area is 126 Å². The zero-order chi connectivity index (χ0) is 14.9. The highest BCUT2D eigenvalue weighted by Crippen LogP contribution is 2.24. The molecule has 0 spiro atoms. The maximum Gasteiger partial charge on any atom is 0.111 e. The number of nitrogens with zero attached hydrogens (tertiary/aromatic N) is 2. The normalized spacial score (nSPS) is 12.6. The fourth-order valence-corrected chi connectivity index (χ4v) is 2.59. The summed E-state index contributed by atoms with van der Waals surface area (Å²) in [6.45, 7) is 11.8. The van der Waals surface area contributed by atoms with Crippen molar-refractivity contribution in [2.45, 2.75) is 52.6 Å². The zero-order valence-corrected chi connectivity index (χ0v) is 13.8. The third kappa shape index (κ3) is 3.53. The Kier molecular flexibility index (Phi) is 4.40. The molecule has 1 N–H and O–H groups in total. The van der Waals surface area contributed by atoms with Crippen LogP contribution in [0.2, 0.25) is 5.02 Å². The lowest BCUT2D eigenvalue weighted by atomic mass is 10.1. The molecule has 0 atom stereocenters. The molecule has 0 saturated heterocycles. The summed E-state index contributed by atoms with van der Waals surface area (Å²) < 4.78 is 2.30. The first-order chi connectivity index (χ1) is 9.28. The summed E-state index contributed by atoms with van der Waals surface area (Å²) >= 11 is 6.06. The number of benzene rings is 1. The molecule has 1 heterocycles. The molecular weight excluding hydrogens is 270 g/mol. The lowest BCUT2D eigenvalue weighted by molar-refractivity contribution is 0.424. The van der Waals surface area contributed by atoms with Crippen molar-refractivity contribution >= 4 is 22.6 Å². The Hall–Kier alpha value is -1.06. The second-order valence-corrected chi connectivity index (χ2v) is 6.99. The van der Waals surface area contributed by atoms with Crippen LogP contribution in [0.5, 0.6) is 0 Å². The Bertz CT molecular complexity index is 594. The van der Waals surface area contributed by atoms with Gasteiger partial charge >= 0.3 is 0 Å². The number of halogens is 1. The maximum absolute atomic E-state index is 6.06. The number of aromatic nitrogens is 2. The number of nitrogens with one attached hydrogen (secondary N) is 1. The van der Waals surface area contributed by atoms with Gasteiger partial charge in [-0.1, -0.05) is 11.6 Å². The predicted molar refractivity (Wildman–Crippen MR) is 86.6 cm³/mol. The molecule has 0 aliphatic rings. The van der Waals surface area contributed by atoms with Crippen molar-refractivity contribution in [2.24, 2.45) is 0 Å². The molecule has 0 radical (unpaired) electrons. The summed E-state index contributed by atoms with van der Waals surface area (Å²) in [6, 6.07) is 6.33. The van der Waals surface area contributed by atoms with Crippen molar-refractivity contribution in [1.82, 2.24) is 14.9 Å². The molecule has 0 unspecified atom stereocenters. The Balaban J connectivity index is 2.30. The van der Waals surface area contributed by atoms with E-state index in [1.807, 2.05) is 12.1 Å². The molecule has 0 saturated carbocycles. The Morgan fingerprint density at radius 3 is 2.60 bits per heavy atom. The van der Waals surface area contributed by atoms with Crippen LogP contribution in [0.25, 0.3) is 11.0 Å². The first-order valence-corrected chi connectivity index (χ1v) is 7.57. The summed E-state index contributed by atoms with van der Waals surface area (Å²) in [5, 5.41) is 4.25. The molecule has 110 valence electrons. The molecule has 0 aliphatic carbocycles. The summed E-state index contributed by atoms with van der Waals surface area (Å²) in [4.78, 5) is 4.75. The van der Waals surface area contributed by atoms with Gasteiger partial charge in [0.25, 0.3) is 0 Å². The SMILES string of the molecule is CC(C)n1c(CCNC(C)(C)C)nc2cc(Cl)ccc21. The van der Waals surface area contributed by atoms with Crippen LogP contribution in [0.1, 0.15) is 46.5 Å². The first-order valence-electron chi connectivity index (χ1n) is 7.19. The number of hydrogen-bond acceptors (Lipinski definition) is 2. The maximum atomic E-state index is 6.06. The topological polar surface area (TPSA) is 29.9 Å². The van der Waals surface area contributed by atoms with E-state index in [0.29, 0.717) is 6.04 Å². The fraction of sp³-hybridized carbons (Fsp3) is 0.562. The van der Waals surface area contributed by atoms with Gasteiger partial charge < -0.3 is 9.88 Å². The molecule has 1 aromatic carbocycles. The lowest BCUT2D eigenvalue weighted by Gasteiger charge is -2.21. The summed E-state index contributed by atoms with van der Waals surface area (Å²) in [5.41, 5.74) is 2.28. The third-order valence-electron chi connectivity index (χ3n) is 3.24. The lowest BCUT2D eigenvalue weighted by Crippen LogP contribution is -2.37. The van der Waals surface area contributed by atoms with Gasteiger partial charge in [0.1, 0.15) is 5.82 Å². The average Bonchev–Trinajstić information content (AvgIpc) is 2.64. The van der Waals surface area contributed by atoms with Crippen LogP contribution in [0.15, 0.2) is 18.2 Å². The van der Waals surface area contributed by atoms with Crippen LogP contribution in [-0.2, 0) is 6.42 Å². The van der Waals surface area contributed by atoms with E-state index in [1.54, 1.807) is 0 Å². The molecule has 0 bridgehead atoms. The highest BCUT2D eigenvalue weighted by Gasteiger charge is 2.14. The standard InChI is InChI=1S/C16H24ClN3/c1-11(2)20-14-7-6-12(17)10-13(14)19-15(20)8-9-18-16(3,4)5/h6-7,10-11,18H,8-9H2,1-5H3. The average molecular weight is 294 g/mol. The van der Waals surface area contributed by atoms with Crippen LogP contribution in [0.4, 0.5) is 0 Å². The van der Waals surface area contributed by atoms with Crippen molar-refractivity contribution in [1.29, 1.82) is 0 Å². The van der Waals surface area contributed by atoms with Crippen molar-refractivity contribution in [3.8, 4) is 0 Å². The highest BCUT2D eigenvalue weighted by molar-refractivity contribution is 6.31. The molecule has 4 heteroatoms. The largest absolute Gasteiger partial charge is 0.325 e. The van der Waals surface area contributed by atoms with Crippen molar-refractivity contribution in [3.63, 3.8) is 0 Å². The van der Waals surface area contributed by atoms with Crippen LogP contribution in [0.3, 0.4) is 0 Å². The van der Waals surface area contributed by atoms with Crippen molar-refractivity contribution < 1.29 is 0 Å². The van der Waals surface area contributed by atoms with Crippen LogP contribution in [-0.4, -0.2) is 21.6 Å². The fourth-order valence-electron chi connectivity index (χ4n) is 2.42. The van der Waals surface area contributed by atoms with E-state index in [4.69, 9.17) is 16.6 Å². The van der Waals surface area contributed by atoms with E-state index in [1.165, 1.54) is 0 Å². The molecule has 0 fully saturated rings. The summed E-state index contributed by atoms with van der Waals surface area (Å²) in [7, 11) is 0. The van der Waals surface area contributed by atoms with Gasteiger partial charge in [0, 0.05) is 29.6 Å². The number of hydrogen-bond donors (Lipinski definition) is 1. The van der Waals surface area contributed by atoms with Gasteiger partial charge in [-0.05, 0) is 52.8 Å². The van der Waals surface area contributed by atoms with Gasteiger partial charge in [0.15, 0.2) is 0 Å². The van der Waals surface area contributed by atoms with E-state index in [0.717, 1.165) is 34.8 Å². The van der Waals surface area contributed by atoms with Crippen molar-refractivity contribution in [2.75, 3.05) is 6.54 Å². The monoisotopic (exact) mass is 293 g/mol. The van der Waals surface area contributed by atoms with Gasteiger partial charge in [-0.25, -0.2) is 4.98 Å². The second kappa shape index (κ2) is 5.74. The van der Waals surface area contributed by atoms with Crippen LogP contribution >= 0.6 is 11.6 Å². The summed E-state index contributed by atoms with van der Waals surface area (Å²) in [5.74, 6) is 1.12. The molecule has 0 amide bonds. The van der Waals surface area contributed by atoms with E-state index in [9.17, 15) is 0 Å². The zero-order valence-electron chi connectivity index (χ0n) is 13.0. The number of rotatable bonds is 4. The predicted octanol–water partition coefficient (Wildman–Crippen LogP) is 4.20. The van der Waals surface area contributed by atoms with Crippen molar-refractivity contribution in [3.05, 3.63) is 29.0 Å². The van der Waals surface area contributed by atoms with E-state index in [-0.39, 0.29) is 5.54 Å². The molecule has 2 rings (SSSR count). The Morgan fingerprint density at radius 2 is 2.00 bits per heavy atom. The molecule has 2 aromatic rings. The van der Waals surface area contributed by atoms with Gasteiger partial charge in [-0.15, -0.1) is 0 Å². The van der Waals surface area contributed by atoms with Gasteiger partial charge in [-0.2, -0.15) is 0 Å². The van der Waals surface area contributed by atoms with Gasteiger partial charge in [-0.3, -0.25) is 0 Å². The Morgan fingerprint density at radius 1 is 1.30 bits per heavy atom. The van der Waals surface area contributed by atoms with Crippen LogP contribution < -0.4 is 5.32 Å². The highest BCUT2D eigenvalue weighted by atomic mass is 35.5. The number of imidazole rings is 1. The van der Waals surface area contributed by atoms with Gasteiger partial charge in [0.2, 0.25) is 0 Å². The first kappa shape index (κ1) is 15.3. The summed E-state index contributed by atoms with van der Waals surface area (Å²) in [6.07, 6.45) is 0.918. The molecule has 0 aliphatic heterocycles. The van der Waals surface area contributed by atoms with E-state index < -0.39 is 0 Å².